The van der Waals surface area contributed by atoms with Gasteiger partial charge in [-0.2, -0.15) is 0 Å². The second-order valence-corrected chi connectivity index (χ2v) is 8.14. The molecule has 0 unspecified atom stereocenters. The van der Waals surface area contributed by atoms with Gasteiger partial charge in [0, 0.05) is 42.8 Å². The van der Waals surface area contributed by atoms with Crippen molar-refractivity contribution < 1.29 is 9.63 Å². The Kier molecular flexibility index (Phi) is 5.76. The lowest BCUT2D eigenvalue weighted by atomic mass is 10.1. The third-order valence-electron chi connectivity index (χ3n) is 5.23. The summed E-state index contributed by atoms with van der Waals surface area (Å²) in [6, 6.07) is 5.93. The van der Waals surface area contributed by atoms with Crippen molar-refractivity contribution in [3.05, 3.63) is 45.8 Å². The van der Waals surface area contributed by atoms with Gasteiger partial charge in [-0.1, -0.05) is 5.16 Å². The van der Waals surface area contributed by atoms with Crippen molar-refractivity contribution in [3.63, 3.8) is 0 Å². The van der Waals surface area contributed by atoms with Crippen LogP contribution < -0.4 is 10.6 Å². The maximum absolute atomic E-state index is 12.3. The average molecular weight is 400 g/mol. The predicted octanol–water partition coefficient (Wildman–Crippen LogP) is 2.36. The first-order valence-electron chi connectivity index (χ1n) is 9.70. The molecule has 7 nitrogen and oxygen atoms in total. The molecule has 0 saturated carbocycles. The van der Waals surface area contributed by atoms with E-state index < -0.39 is 0 Å². The fourth-order valence-corrected chi connectivity index (χ4v) is 4.50. The molecule has 0 aliphatic carbocycles. The summed E-state index contributed by atoms with van der Waals surface area (Å²) in [5.74, 6) is 1.11. The van der Waals surface area contributed by atoms with Gasteiger partial charge in [0.15, 0.2) is 12.4 Å². The highest BCUT2D eigenvalue weighted by Gasteiger charge is 2.21. The standard InChI is InChI=1S/C20H25N5O2S/c21-20(15-4-5-18(22-12-15)24-8-2-1-3-9-24)23-27-14-19(26)25-10-6-17-16(13-25)7-11-28-17/h4-5,7,11-12H,1-3,6,8-10,13-14H2,(H2,21,23). The van der Waals surface area contributed by atoms with Crippen molar-refractivity contribution in [1.29, 1.82) is 0 Å². The zero-order valence-electron chi connectivity index (χ0n) is 15.8. The number of rotatable bonds is 5. The van der Waals surface area contributed by atoms with Crippen LogP contribution in [0, 0.1) is 0 Å². The maximum atomic E-state index is 12.3. The fraction of sp³-hybridized carbons (Fsp3) is 0.450. The Balaban J connectivity index is 1.29. The molecule has 4 heterocycles. The number of fused-ring (bicyclic) bond motifs is 1. The lowest BCUT2D eigenvalue weighted by Crippen LogP contribution is -2.37. The minimum absolute atomic E-state index is 0.0769. The number of thiophene rings is 1. The van der Waals surface area contributed by atoms with Crippen molar-refractivity contribution >= 4 is 28.9 Å². The first-order chi connectivity index (χ1) is 13.7. The Morgan fingerprint density at radius 3 is 2.86 bits per heavy atom. The molecule has 2 aliphatic rings. The van der Waals surface area contributed by atoms with Crippen molar-refractivity contribution in [2.75, 3.05) is 31.1 Å². The van der Waals surface area contributed by atoms with Crippen LogP contribution in [-0.4, -0.2) is 47.9 Å². The number of amidine groups is 1. The molecule has 148 valence electrons. The Hall–Kier alpha value is -2.61. The Morgan fingerprint density at radius 1 is 1.21 bits per heavy atom. The molecule has 1 amide bonds. The van der Waals surface area contributed by atoms with Gasteiger partial charge >= 0.3 is 0 Å². The van der Waals surface area contributed by atoms with Gasteiger partial charge < -0.3 is 20.4 Å². The van der Waals surface area contributed by atoms with Gasteiger partial charge in [-0.25, -0.2) is 4.98 Å². The summed E-state index contributed by atoms with van der Waals surface area (Å²) >= 11 is 1.75. The molecule has 2 aliphatic heterocycles. The highest BCUT2D eigenvalue weighted by Crippen LogP contribution is 2.24. The number of nitrogens with zero attached hydrogens (tertiary/aromatic N) is 4. The van der Waals surface area contributed by atoms with Crippen LogP contribution in [0.1, 0.15) is 35.3 Å². The number of carbonyl (C=O) groups is 1. The fourth-order valence-electron chi connectivity index (χ4n) is 3.61. The summed E-state index contributed by atoms with van der Waals surface area (Å²) in [6.07, 6.45) is 6.31. The molecule has 2 N–H and O–H groups in total. The van der Waals surface area contributed by atoms with Crippen LogP contribution in [0.2, 0.25) is 0 Å². The van der Waals surface area contributed by atoms with Gasteiger partial charge in [0.05, 0.1) is 0 Å². The van der Waals surface area contributed by atoms with Crippen molar-refractivity contribution in [2.24, 2.45) is 10.9 Å². The molecule has 0 spiro atoms. The van der Waals surface area contributed by atoms with Gasteiger partial charge in [-0.05, 0) is 54.8 Å². The van der Waals surface area contributed by atoms with Crippen LogP contribution in [0.4, 0.5) is 5.82 Å². The summed E-state index contributed by atoms with van der Waals surface area (Å²) in [5.41, 5.74) is 7.90. The molecule has 1 saturated heterocycles. The maximum Gasteiger partial charge on any atom is 0.263 e. The van der Waals surface area contributed by atoms with Crippen LogP contribution in [-0.2, 0) is 22.6 Å². The molecule has 2 aromatic rings. The van der Waals surface area contributed by atoms with E-state index >= 15 is 0 Å². The number of hydrogen-bond donors (Lipinski definition) is 1. The number of hydrogen-bond acceptors (Lipinski definition) is 6. The topological polar surface area (TPSA) is 84.0 Å². The van der Waals surface area contributed by atoms with Gasteiger partial charge in [0.2, 0.25) is 0 Å². The third-order valence-corrected chi connectivity index (χ3v) is 6.26. The normalized spacial score (nSPS) is 17.4. The SMILES string of the molecule is N/C(=N/OCC(=O)N1CCc2sccc2C1)c1ccc(N2CCCCC2)nc1. The largest absolute Gasteiger partial charge is 0.384 e. The number of pyridine rings is 1. The molecule has 8 heteroatoms. The molecule has 1 fully saturated rings. The number of oxime groups is 1. The molecular formula is C20H25N5O2S. The summed E-state index contributed by atoms with van der Waals surface area (Å²) in [7, 11) is 0. The van der Waals surface area contributed by atoms with E-state index in [4.69, 9.17) is 10.6 Å². The quantitative estimate of drug-likeness (QED) is 0.474. The van der Waals surface area contributed by atoms with Gasteiger partial charge in [-0.15, -0.1) is 11.3 Å². The van der Waals surface area contributed by atoms with E-state index in [0.29, 0.717) is 12.1 Å². The molecule has 2 aromatic heterocycles. The summed E-state index contributed by atoms with van der Waals surface area (Å²) in [6.45, 7) is 3.34. The van der Waals surface area contributed by atoms with Crippen molar-refractivity contribution in [2.45, 2.75) is 32.2 Å². The molecule has 0 atom stereocenters. The number of carbonyl (C=O) groups excluding carboxylic acids is 1. The molecule has 0 bridgehead atoms. The number of piperidine rings is 1. The van der Waals surface area contributed by atoms with E-state index in [-0.39, 0.29) is 18.3 Å². The number of anilines is 1. The Labute approximate surface area is 168 Å². The van der Waals surface area contributed by atoms with Crippen LogP contribution in [0.5, 0.6) is 0 Å². The summed E-state index contributed by atoms with van der Waals surface area (Å²) < 4.78 is 0. The zero-order valence-corrected chi connectivity index (χ0v) is 16.7. The van der Waals surface area contributed by atoms with E-state index in [2.05, 4.69) is 26.5 Å². The number of aromatic nitrogens is 1. The van der Waals surface area contributed by atoms with Gasteiger partial charge in [0.25, 0.3) is 5.91 Å². The summed E-state index contributed by atoms with van der Waals surface area (Å²) in [4.78, 5) is 27.5. The van der Waals surface area contributed by atoms with Crippen LogP contribution >= 0.6 is 11.3 Å². The van der Waals surface area contributed by atoms with Gasteiger partial charge in [0.1, 0.15) is 5.82 Å². The molecule has 4 rings (SSSR count). The summed E-state index contributed by atoms with van der Waals surface area (Å²) in [5, 5.41) is 5.98. The van der Waals surface area contributed by atoms with E-state index in [0.717, 1.165) is 31.9 Å². The van der Waals surface area contributed by atoms with E-state index in [1.807, 2.05) is 12.1 Å². The van der Waals surface area contributed by atoms with E-state index in [9.17, 15) is 4.79 Å². The monoisotopic (exact) mass is 399 g/mol. The van der Waals surface area contributed by atoms with Crippen molar-refractivity contribution in [3.8, 4) is 0 Å². The zero-order chi connectivity index (χ0) is 19.3. The first-order valence-corrected chi connectivity index (χ1v) is 10.6. The van der Waals surface area contributed by atoms with Crippen LogP contribution in [0.3, 0.4) is 0 Å². The minimum atomic E-state index is -0.112. The molecular weight excluding hydrogens is 374 g/mol. The lowest BCUT2D eigenvalue weighted by Gasteiger charge is -2.27. The second kappa shape index (κ2) is 8.60. The number of nitrogens with two attached hydrogens (primary N) is 1. The predicted molar refractivity (Wildman–Crippen MR) is 110 cm³/mol. The Bertz CT molecular complexity index is 843. The minimum Gasteiger partial charge on any atom is -0.384 e. The number of amides is 1. The van der Waals surface area contributed by atoms with E-state index in [1.54, 1.807) is 22.4 Å². The first kappa shape index (κ1) is 18.7. The Morgan fingerprint density at radius 2 is 2.07 bits per heavy atom. The highest BCUT2D eigenvalue weighted by molar-refractivity contribution is 7.10. The lowest BCUT2D eigenvalue weighted by molar-refractivity contribution is -0.137. The highest BCUT2D eigenvalue weighted by atomic mass is 32.1. The van der Waals surface area contributed by atoms with Crippen LogP contribution in [0.15, 0.2) is 34.9 Å². The molecule has 0 radical (unpaired) electrons. The smallest absolute Gasteiger partial charge is 0.263 e. The molecule has 0 aromatic carbocycles. The second-order valence-electron chi connectivity index (χ2n) is 7.14. The third kappa shape index (κ3) is 4.27. The van der Waals surface area contributed by atoms with Crippen LogP contribution in [0.25, 0.3) is 0 Å². The van der Waals surface area contributed by atoms with Gasteiger partial charge in [-0.3, -0.25) is 4.79 Å². The molecule has 28 heavy (non-hydrogen) atoms. The average Bonchev–Trinajstić information content (AvgIpc) is 3.22. The van der Waals surface area contributed by atoms with Crippen molar-refractivity contribution in [1.82, 2.24) is 9.88 Å². The van der Waals surface area contributed by atoms with E-state index in [1.165, 1.54) is 29.7 Å².